The van der Waals surface area contributed by atoms with Gasteiger partial charge in [0.15, 0.2) is 0 Å². The van der Waals surface area contributed by atoms with Crippen LogP contribution in [-0.2, 0) is 0 Å². The Morgan fingerprint density at radius 1 is 1.38 bits per heavy atom. The van der Waals surface area contributed by atoms with Gasteiger partial charge in [-0.3, -0.25) is 4.79 Å². The minimum absolute atomic E-state index is 0.0957. The highest BCUT2D eigenvalue weighted by molar-refractivity contribution is 5.94. The molecule has 3 heterocycles. The standard InChI is InChI=1S/C17H20N4O3/c22-14-1-3-21(8-14)16-7-15(18-10-19-16)12-5-13(6-12)20-17(23)11-2-4-24-9-11/h2,4,7,9-10,12-14,22H,1,3,5-6,8H2,(H,20,23)/t12?,13?,14-/m0/s1. The summed E-state index contributed by atoms with van der Waals surface area (Å²) in [5, 5.41) is 12.7. The first-order valence-corrected chi connectivity index (χ1v) is 8.27. The summed E-state index contributed by atoms with van der Waals surface area (Å²) in [4.78, 5) is 22.8. The van der Waals surface area contributed by atoms with E-state index in [1.807, 2.05) is 6.07 Å². The third-order valence-electron chi connectivity index (χ3n) is 4.84. The Morgan fingerprint density at radius 3 is 2.96 bits per heavy atom. The predicted molar refractivity (Wildman–Crippen MR) is 86.8 cm³/mol. The first-order valence-electron chi connectivity index (χ1n) is 8.27. The number of rotatable bonds is 4. The van der Waals surface area contributed by atoms with Crippen LogP contribution in [-0.4, -0.2) is 46.2 Å². The Bertz CT molecular complexity index is 712. The van der Waals surface area contributed by atoms with Gasteiger partial charge in [0.05, 0.1) is 17.9 Å². The van der Waals surface area contributed by atoms with Crippen LogP contribution in [0, 0.1) is 0 Å². The number of aliphatic hydroxyl groups is 1. The van der Waals surface area contributed by atoms with Crippen LogP contribution < -0.4 is 10.2 Å². The highest BCUT2D eigenvalue weighted by Gasteiger charge is 2.33. The number of β-amino-alcohol motifs (C(OH)–C–C–N with tert-alkyl or cyclic N) is 1. The van der Waals surface area contributed by atoms with Crippen molar-refractivity contribution in [3.63, 3.8) is 0 Å². The van der Waals surface area contributed by atoms with E-state index in [2.05, 4.69) is 20.2 Å². The molecule has 1 aliphatic carbocycles. The van der Waals surface area contributed by atoms with E-state index >= 15 is 0 Å². The number of furan rings is 1. The lowest BCUT2D eigenvalue weighted by molar-refractivity contribution is 0.0907. The molecule has 0 spiro atoms. The second kappa shape index (κ2) is 6.24. The highest BCUT2D eigenvalue weighted by atomic mass is 16.3. The van der Waals surface area contributed by atoms with Crippen molar-refractivity contribution >= 4 is 11.7 Å². The van der Waals surface area contributed by atoms with Gasteiger partial charge in [-0.15, -0.1) is 0 Å². The number of anilines is 1. The van der Waals surface area contributed by atoms with Crippen LogP contribution in [0.25, 0.3) is 0 Å². The molecule has 0 radical (unpaired) electrons. The molecule has 7 nitrogen and oxygen atoms in total. The van der Waals surface area contributed by atoms with Gasteiger partial charge in [-0.25, -0.2) is 9.97 Å². The van der Waals surface area contributed by atoms with Crippen molar-refractivity contribution < 1.29 is 14.3 Å². The summed E-state index contributed by atoms with van der Waals surface area (Å²) in [5.41, 5.74) is 1.56. The SMILES string of the molecule is O=C(NC1CC(c2cc(N3CC[C@H](O)C3)ncn2)C1)c1ccoc1. The summed E-state index contributed by atoms with van der Waals surface area (Å²) in [6.45, 7) is 1.45. The van der Waals surface area contributed by atoms with E-state index in [1.165, 1.54) is 12.5 Å². The molecular formula is C17H20N4O3. The Balaban J connectivity index is 1.34. The number of nitrogens with zero attached hydrogens (tertiary/aromatic N) is 3. The summed E-state index contributed by atoms with van der Waals surface area (Å²) in [7, 11) is 0. The van der Waals surface area contributed by atoms with E-state index in [1.54, 1.807) is 12.4 Å². The van der Waals surface area contributed by atoms with E-state index in [0.717, 1.165) is 37.3 Å². The van der Waals surface area contributed by atoms with Gasteiger partial charge in [-0.2, -0.15) is 0 Å². The minimum Gasteiger partial charge on any atom is -0.472 e. The number of hydrogen-bond acceptors (Lipinski definition) is 6. The third-order valence-corrected chi connectivity index (χ3v) is 4.84. The molecule has 2 aliphatic rings. The predicted octanol–water partition coefficient (Wildman–Crippen LogP) is 1.32. The van der Waals surface area contributed by atoms with Crippen LogP contribution in [0.3, 0.4) is 0 Å². The normalized spacial score (nSPS) is 26.2. The maximum Gasteiger partial charge on any atom is 0.254 e. The van der Waals surface area contributed by atoms with Crippen molar-refractivity contribution in [1.82, 2.24) is 15.3 Å². The molecule has 0 bridgehead atoms. The quantitative estimate of drug-likeness (QED) is 0.879. The third kappa shape index (κ3) is 2.99. The molecule has 2 aromatic heterocycles. The molecule has 1 aliphatic heterocycles. The van der Waals surface area contributed by atoms with Crippen LogP contribution in [0.2, 0.25) is 0 Å². The van der Waals surface area contributed by atoms with Crippen molar-refractivity contribution in [2.75, 3.05) is 18.0 Å². The monoisotopic (exact) mass is 328 g/mol. The fourth-order valence-corrected chi connectivity index (χ4v) is 3.35. The van der Waals surface area contributed by atoms with E-state index in [-0.39, 0.29) is 18.1 Å². The summed E-state index contributed by atoms with van der Waals surface area (Å²) in [6, 6.07) is 3.84. The first kappa shape index (κ1) is 15.1. The molecular weight excluding hydrogens is 308 g/mol. The number of aliphatic hydroxyl groups excluding tert-OH is 1. The fourth-order valence-electron chi connectivity index (χ4n) is 3.35. The van der Waals surface area contributed by atoms with Gasteiger partial charge in [-0.05, 0) is 25.3 Å². The van der Waals surface area contributed by atoms with Gasteiger partial charge in [0.25, 0.3) is 5.91 Å². The van der Waals surface area contributed by atoms with Gasteiger partial charge in [-0.1, -0.05) is 0 Å². The van der Waals surface area contributed by atoms with Crippen LogP contribution in [0.15, 0.2) is 35.4 Å². The summed E-state index contributed by atoms with van der Waals surface area (Å²) >= 11 is 0. The molecule has 2 fully saturated rings. The van der Waals surface area contributed by atoms with E-state index in [9.17, 15) is 9.90 Å². The van der Waals surface area contributed by atoms with E-state index in [0.29, 0.717) is 18.0 Å². The van der Waals surface area contributed by atoms with E-state index in [4.69, 9.17) is 4.42 Å². The number of carbonyl (C=O) groups excluding carboxylic acids is 1. The number of nitrogens with one attached hydrogen (secondary N) is 1. The molecule has 1 saturated heterocycles. The van der Waals surface area contributed by atoms with Crippen molar-refractivity contribution in [1.29, 1.82) is 0 Å². The number of aromatic nitrogens is 2. The zero-order valence-corrected chi connectivity index (χ0v) is 13.3. The average Bonchev–Trinajstić information content (AvgIpc) is 3.22. The zero-order chi connectivity index (χ0) is 16.5. The molecule has 0 unspecified atom stereocenters. The molecule has 7 heteroatoms. The number of amides is 1. The Hall–Kier alpha value is -2.41. The molecule has 2 aromatic rings. The maximum atomic E-state index is 12.0. The number of hydrogen-bond donors (Lipinski definition) is 2. The summed E-state index contributed by atoms with van der Waals surface area (Å²) in [6.07, 6.45) is 6.81. The van der Waals surface area contributed by atoms with Gasteiger partial charge in [0.1, 0.15) is 18.4 Å². The molecule has 4 rings (SSSR count). The molecule has 126 valence electrons. The van der Waals surface area contributed by atoms with Gasteiger partial charge < -0.3 is 19.7 Å². The van der Waals surface area contributed by atoms with Gasteiger partial charge >= 0.3 is 0 Å². The van der Waals surface area contributed by atoms with Gasteiger partial charge in [0, 0.05) is 36.8 Å². The largest absolute Gasteiger partial charge is 0.472 e. The molecule has 1 amide bonds. The van der Waals surface area contributed by atoms with Crippen LogP contribution in [0.4, 0.5) is 5.82 Å². The lowest BCUT2D eigenvalue weighted by Crippen LogP contribution is -2.43. The van der Waals surface area contributed by atoms with Crippen molar-refractivity contribution in [3.05, 3.63) is 42.2 Å². The second-order valence-electron chi connectivity index (χ2n) is 6.54. The zero-order valence-electron chi connectivity index (χ0n) is 13.3. The lowest BCUT2D eigenvalue weighted by Gasteiger charge is -2.35. The molecule has 1 atom stereocenters. The summed E-state index contributed by atoms with van der Waals surface area (Å²) in [5.74, 6) is 1.12. The smallest absolute Gasteiger partial charge is 0.254 e. The highest BCUT2D eigenvalue weighted by Crippen LogP contribution is 2.37. The summed E-state index contributed by atoms with van der Waals surface area (Å²) < 4.78 is 4.93. The lowest BCUT2D eigenvalue weighted by atomic mass is 9.78. The van der Waals surface area contributed by atoms with Crippen LogP contribution in [0.5, 0.6) is 0 Å². The average molecular weight is 328 g/mol. The minimum atomic E-state index is -0.269. The topological polar surface area (TPSA) is 91.5 Å². The molecule has 0 aromatic carbocycles. The Morgan fingerprint density at radius 2 is 2.25 bits per heavy atom. The first-order chi connectivity index (χ1) is 11.7. The van der Waals surface area contributed by atoms with Crippen molar-refractivity contribution in [2.24, 2.45) is 0 Å². The second-order valence-corrected chi connectivity index (χ2v) is 6.54. The van der Waals surface area contributed by atoms with Crippen molar-refractivity contribution in [2.45, 2.75) is 37.3 Å². The van der Waals surface area contributed by atoms with Crippen LogP contribution in [0.1, 0.15) is 41.2 Å². The van der Waals surface area contributed by atoms with E-state index < -0.39 is 0 Å². The maximum absolute atomic E-state index is 12.0. The Labute approximate surface area is 139 Å². The fraction of sp³-hybridized carbons (Fsp3) is 0.471. The van der Waals surface area contributed by atoms with Crippen LogP contribution >= 0.6 is 0 Å². The van der Waals surface area contributed by atoms with Crippen molar-refractivity contribution in [3.8, 4) is 0 Å². The molecule has 1 saturated carbocycles. The Kier molecular flexibility index (Phi) is 3.93. The molecule has 2 N–H and O–H groups in total. The number of carbonyl (C=O) groups is 1. The molecule has 24 heavy (non-hydrogen) atoms. The van der Waals surface area contributed by atoms with Gasteiger partial charge in [0.2, 0.25) is 0 Å².